The number of hydrogen-bond donors (Lipinski definition) is 1. The van der Waals surface area contributed by atoms with Crippen molar-refractivity contribution in [1.82, 2.24) is 28.7 Å². The Bertz CT molecular complexity index is 1510. The average Bonchev–Trinajstić information content (AvgIpc) is 3.23. The highest BCUT2D eigenvalue weighted by Gasteiger charge is 2.26. The number of aryl methyl sites for hydroxylation is 1. The van der Waals surface area contributed by atoms with Gasteiger partial charge < -0.3 is 15.2 Å². The highest BCUT2D eigenvalue weighted by molar-refractivity contribution is 5.77. The van der Waals surface area contributed by atoms with Gasteiger partial charge in [-0.15, -0.1) is 0 Å². The number of piperidine rings is 1. The molecule has 34 heavy (non-hydrogen) atoms. The largest absolute Gasteiger partial charge is 0.341 e. The smallest absolute Gasteiger partial charge is 0.332 e. The molecule has 176 valence electrons. The lowest BCUT2D eigenvalue weighted by Crippen LogP contribution is -2.44. The molecule has 1 aromatic carbocycles. The van der Waals surface area contributed by atoms with Crippen LogP contribution in [0.2, 0.25) is 0 Å². The molecule has 0 aliphatic carbocycles. The molecule has 4 aromatic rings. The molecule has 0 bridgehead atoms. The molecular formula is C24H28N8O2. The first-order valence-corrected chi connectivity index (χ1v) is 11.5. The zero-order valence-electron chi connectivity index (χ0n) is 19.4. The summed E-state index contributed by atoms with van der Waals surface area (Å²) in [6, 6.07) is 7.66. The number of nitrogens with two attached hydrogens (primary N) is 1. The van der Waals surface area contributed by atoms with Crippen molar-refractivity contribution in [2.24, 2.45) is 12.8 Å². The Morgan fingerprint density at radius 1 is 1.18 bits per heavy atom. The molecule has 0 amide bonds. The Labute approximate surface area is 196 Å². The molecule has 0 radical (unpaired) electrons. The van der Waals surface area contributed by atoms with E-state index >= 15 is 0 Å². The molecule has 1 saturated heterocycles. The fraction of sp³-hybridized carbons (Fsp3) is 0.375. The van der Waals surface area contributed by atoms with Crippen molar-refractivity contribution in [2.45, 2.75) is 38.9 Å². The van der Waals surface area contributed by atoms with Crippen LogP contribution in [0, 0.1) is 0 Å². The van der Waals surface area contributed by atoms with E-state index in [0.717, 1.165) is 30.3 Å². The highest BCUT2D eigenvalue weighted by Crippen LogP contribution is 2.23. The van der Waals surface area contributed by atoms with Crippen LogP contribution in [0.5, 0.6) is 0 Å². The first-order chi connectivity index (χ1) is 16.5. The summed E-state index contributed by atoms with van der Waals surface area (Å²) >= 11 is 0. The van der Waals surface area contributed by atoms with E-state index in [1.165, 1.54) is 9.13 Å². The third kappa shape index (κ3) is 3.79. The molecule has 0 spiro atoms. The van der Waals surface area contributed by atoms with Crippen LogP contribution >= 0.6 is 0 Å². The van der Waals surface area contributed by atoms with Gasteiger partial charge in [-0.3, -0.25) is 13.9 Å². The first kappa shape index (κ1) is 22.0. The number of anilines is 1. The number of hydrogen-bond acceptors (Lipinski definition) is 7. The summed E-state index contributed by atoms with van der Waals surface area (Å²) in [6.07, 6.45) is 7.52. The van der Waals surface area contributed by atoms with Crippen LogP contribution in [0.3, 0.4) is 0 Å². The molecule has 1 aliphatic heterocycles. The molecule has 1 fully saturated rings. The first-order valence-electron chi connectivity index (χ1n) is 11.5. The number of benzene rings is 1. The van der Waals surface area contributed by atoms with Crippen LogP contribution in [0.4, 0.5) is 5.95 Å². The molecule has 1 atom stereocenters. The Balaban J connectivity index is 1.67. The lowest BCUT2D eigenvalue weighted by Gasteiger charge is -2.31. The fourth-order valence-electron chi connectivity index (χ4n) is 4.54. The highest BCUT2D eigenvalue weighted by atomic mass is 16.2. The molecule has 0 saturated carbocycles. The monoisotopic (exact) mass is 460 g/mol. The number of para-hydroxylation sites is 1. The Morgan fingerprint density at radius 2 is 2.00 bits per heavy atom. The second kappa shape index (κ2) is 8.86. The van der Waals surface area contributed by atoms with Crippen LogP contribution in [-0.4, -0.2) is 47.8 Å². The lowest BCUT2D eigenvalue weighted by molar-refractivity contribution is 0.495. The summed E-state index contributed by atoms with van der Waals surface area (Å²) in [6.45, 7) is 3.84. The van der Waals surface area contributed by atoms with Crippen molar-refractivity contribution in [2.75, 3.05) is 18.0 Å². The van der Waals surface area contributed by atoms with Gasteiger partial charge in [0, 0.05) is 44.3 Å². The Hall–Kier alpha value is -3.79. The SMILES string of the molecule is CC=CCn1c(N2CCC[C@@H](N)C2)nc2c1c(=O)n(Cc1ncc3ccccc3n1)c(=O)n2C. The summed E-state index contributed by atoms with van der Waals surface area (Å²) < 4.78 is 4.50. The second-order valence-corrected chi connectivity index (χ2v) is 8.69. The van der Waals surface area contributed by atoms with Crippen LogP contribution in [0.15, 0.2) is 52.2 Å². The third-order valence-corrected chi connectivity index (χ3v) is 6.32. The molecule has 2 N–H and O–H groups in total. The summed E-state index contributed by atoms with van der Waals surface area (Å²) in [5.41, 5.74) is 6.87. The van der Waals surface area contributed by atoms with Crippen LogP contribution in [0.1, 0.15) is 25.6 Å². The van der Waals surface area contributed by atoms with Crippen molar-refractivity contribution in [3.63, 3.8) is 0 Å². The zero-order chi connectivity index (χ0) is 23.8. The van der Waals surface area contributed by atoms with Gasteiger partial charge in [0.2, 0.25) is 5.95 Å². The maximum absolute atomic E-state index is 13.7. The number of rotatable bonds is 5. The van der Waals surface area contributed by atoms with E-state index < -0.39 is 11.2 Å². The number of allylic oxidation sites excluding steroid dienone is 2. The zero-order valence-corrected chi connectivity index (χ0v) is 19.4. The van der Waals surface area contributed by atoms with Gasteiger partial charge in [-0.05, 0) is 25.8 Å². The van der Waals surface area contributed by atoms with E-state index in [0.29, 0.717) is 36.0 Å². The molecule has 10 heteroatoms. The van der Waals surface area contributed by atoms with E-state index in [1.807, 2.05) is 47.9 Å². The van der Waals surface area contributed by atoms with Crippen molar-refractivity contribution in [1.29, 1.82) is 0 Å². The van der Waals surface area contributed by atoms with Gasteiger partial charge in [0.05, 0.1) is 12.1 Å². The number of nitrogens with zero attached hydrogens (tertiary/aromatic N) is 7. The quantitative estimate of drug-likeness (QED) is 0.447. The summed E-state index contributed by atoms with van der Waals surface area (Å²) in [5.74, 6) is 1.06. The molecule has 5 rings (SSSR count). The predicted octanol–water partition coefficient (Wildman–Crippen LogP) is 1.39. The maximum atomic E-state index is 13.7. The van der Waals surface area contributed by atoms with Gasteiger partial charge in [0.1, 0.15) is 5.82 Å². The van der Waals surface area contributed by atoms with Crippen molar-refractivity contribution >= 4 is 28.0 Å². The minimum Gasteiger partial charge on any atom is -0.341 e. The second-order valence-electron chi connectivity index (χ2n) is 8.69. The third-order valence-electron chi connectivity index (χ3n) is 6.32. The Morgan fingerprint density at radius 3 is 2.79 bits per heavy atom. The molecule has 10 nitrogen and oxygen atoms in total. The normalized spacial score (nSPS) is 16.8. The minimum atomic E-state index is -0.452. The van der Waals surface area contributed by atoms with E-state index in [9.17, 15) is 9.59 Å². The summed E-state index contributed by atoms with van der Waals surface area (Å²) in [7, 11) is 1.64. The van der Waals surface area contributed by atoms with Gasteiger partial charge in [0.15, 0.2) is 11.2 Å². The van der Waals surface area contributed by atoms with Crippen molar-refractivity contribution in [3.8, 4) is 0 Å². The molecular weight excluding hydrogens is 432 g/mol. The van der Waals surface area contributed by atoms with Crippen LogP contribution in [0.25, 0.3) is 22.1 Å². The average molecular weight is 461 g/mol. The predicted molar refractivity (Wildman–Crippen MR) is 132 cm³/mol. The minimum absolute atomic E-state index is 0.0228. The number of imidazole rings is 1. The van der Waals surface area contributed by atoms with Crippen LogP contribution < -0.4 is 21.9 Å². The van der Waals surface area contributed by atoms with E-state index in [4.69, 9.17) is 10.7 Å². The van der Waals surface area contributed by atoms with Gasteiger partial charge >= 0.3 is 5.69 Å². The summed E-state index contributed by atoms with van der Waals surface area (Å²) in [4.78, 5) is 42.7. The summed E-state index contributed by atoms with van der Waals surface area (Å²) in [5, 5.41) is 0.899. The molecule has 4 heterocycles. The fourth-order valence-corrected chi connectivity index (χ4v) is 4.54. The lowest BCUT2D eigenvalue weighted by atomic mass is 10.1. The van der Waals surface area contributed by atoms with Crippen molar-refractivity contribution in [3.05, 3.63) is 69.3 Å². The van der Waals surface area contributed by atoms with Gasteiger partial charge in [-0.25, -0.2) is 14.8 Å². The van der Waals surface area contributed by atoms with Crippen molar-refractivity contribution < 1.29 is 0 Å². The number of aromatic nitrogens is 6. The van der Waals surface area contributed by atoms with E-state index in [-0.39, 0.29) is 12.6 Å². The van der Waals surface area contributed by atoms with E-state index in [2.05, 4.69) is 14.9 Å². The van der Waals surface area contributed by atoms with Gasteiger partial charge in [-0.2, -0.15) is 4.98 Å². The molecule has 1 aliphatic rings. The molecule has 3 aromatic heterocycles. The van der Waals surface area contributed by atoms with Gasteiger partial charge in [-0.1, -0.05) is 30.4 Å². The Kier molecular flexibility index (Phi) is 5.74. The molecule has 0 unspecified atom stereocenters. The van der Waals surface area contributed by atoms with Crippen LogP contribution in [-0.2, 0) is 20.1 Å². The van der Waals surface area contributed by atoms with E-state index in [1.54, 1.807) is 13.2 Å². The van der Waals surface area contributed by atoms with Gasteiger partial charge in [0.25, 0.3) is 5.56 Å². The standard InChI is InChI=1S/C24H28N8O2/c1-3-4-12-31-20-21(28-23(31)30-11-7-9-17(25)14-30)29(2)24(34)32(22(20)33)15-19-26-13-16-8-5-6-10-18(16)27-19/h3-6,8,10,13,17H,7,9,11-12,14-15,25H2,1-2H3/t17-/m1/s1. The number of fused-ring (bicyclic) bond motifs is 2. The topological polar surface area (TPSA) is 117 Å². The maximum Gasteiger partial charge on any atom is 0.332 e.